The Morgan fingerprint density at radius 1 is 1.22 bits per heavy atom. The molecule has 18 heavy (non-hydrogen) atoms. The molecule has 0 aromatic heterocycles. The molecule has 0 aliphatic heterocycles. The fraction of sp³-hybridized carbons (Fsp3) is 1.00. The van der Waals surface area contributed by atoms with E-state index < -0.39 is 15.4 Å². The van der Waals surface area contributed by atoms with E-state index in [2.05, 4.69) is 0 Å². The lowest BCUT2D eigenvalue weighted by Crippen LogP contribution is -2.48. The highest BCUT2D eigenvalue weighted by Gasteiger charge is 2.50. The van der Waals surface area contributed by atoms with Crippen LogP contribution in [0.3, 0.4) is 0 Å². The summed E-state index contributed by atoms with van der Waals surface area (Å²) in [5.41, 5.74) is -0.807. The van der Waals surface area contributed by atoms with Crippen LogP contribution in [0.2, 0.25) is 0 Å². The zero-order chi connectivity index (χ0) is 13.4. The van der Waals surface area contributed by atoms with Crippen molar-refractivity contribution >= 4 is 9.84 Å². The largest absolute Gasteiger partial charge is 0.387 e. The van der Waals surface area contributed by atoms with Crippen LogP contribution in [0.1, 0.15) is 38.5 Å². The lowest BCUT2D eigenvalue weighted by molar-refractivity contribution is -0.0989. The van der Waals surface area contributed by atoms with Gasteiger partial charge in [0.05, 0.1) is 17.5 Å². The summed E-state index contributed by atoms with van der Waals surface area (Å²) < 4.78 is 28.6. The third-order valence-corrected chi connectivity index (χ3v) is 6.24. The van der Waals surface area contributed by atoms with Crippen LogP contribution in [-0.4, -0.2) is 44.3 Å². The summed E-state index contributed by atoms with van der Waals surface area (Å²) in [6, 6.07) is 0. The van der Waals surface area contributed by atoms with Gasteiger partial charge in [0.15, 0.2) is 0 Å². The Labute approximate surface area is 110 Å². The first-order valence-corrected chi connectivity index (χ1v) is 8.73. The molecule has 2 rings (SSSR count). The molecule has 0 spiro atoms. The van der Waals surface area contributed by atoms with Gasteiger partial charge in [0, 0.05) is 13.4 Å². The Bertz CT molecular complexity index is 388. The minimum absolute atomic E-state index is 0.0680. The Morgan fingerprint density at radius 2 is 1.89 bits per heavy atom. The van der Waals surface area contributed by atoms with E-state index in [-0.39, 0.29) is 11.2 Å². The molecule has 2 saturated carbocycles. The van der Waals surface area contributed by atoms with Gasteiger partial charge in [-0.3, -0.25) is 0 Å². The maximum absolute atomic E-state index is 11.7. The van der Waals surface area contributed by atoms with E-state index in [4.69, 9.17) is 4.74 Å². The summed E-state index contributed by atoms with van der Waals surface area (Å²) in [6.45, 7) is 0.332. The highest BCUT2D eigenvalue weighted by molar-refractivity contribution is 7.91. The van der Waals surface area contributed by atoms with Crippen LogP contribution in [0, 0.1) is 11.8 Å². The standard InChI is InChI=1S/C13H24O4S/c1-17-9-13(14,10-6-7-10)11-4-3-5-12(8-11)18(2,15)16/h10-12,14H,3-9H2,1-2H3. The van der Waals surface area contributed by atoms with E-state index in [1.807, 2.05) is 0 Å². The summed E-state index contributed by atoms with van der Waals surface area (Å²) in [4.78, 5) is 0. The maximum Gasteiger partial charge on any atom is 0.150 e. The van der Waals surface area contributed by atoms with Gasteiger partial charge in [-0.1, -0.05) is 6.42 Å². The Morgan fingerprint density at radius 3 is 2.39 bits per heavy atom. The molecular weight excluding hydrogens is 252 g/mol. The number of aliphatic hydroxyl groups is 1. The Balaban J connectivity index is 2.11. The topological polar surface area (TPSA) is 63.6 Å². The monoisotopic (exact) mass is 276 g/mol. The van der Waals surface area contributed by atoms with E-state index in [1.165, 1.54) is 6.26 Å². The quantitative estimate of drug-likeness (QED) is 0.824. The van der Waals surface area contributed by atoms with Crippen LogP contribution in [0.15, 0.2) is 0 Å². The number of hydrogen-bond acceptors (Lipinski definition) is 4. The lowest BCUT2D eigenvalue weighted by Gasteiger charge is -2.40. The molecular formula is C13H24O4S. The molecule has 0 aromatic rings. The van der Waals surface area contributed by atoms with Gasteiger partial charge in [-0.25, -0.2) is 8.42 Å². The molecule has 0 saturated heterocycles. The first kappa shape index (κ1) is 14.3. The summed E-state index contributed by atoms with van der Waals surface area (Å²) in [5.74, 6) is 0.374. The first-order valence-electron chi connectivity index (χ1n) is 6.78. The number of methoxy groups -OCH3 is 1. The number of hydrogen-bond donors (Lipinski definition) is 1. The molecule has 3 atom stereocenters. The van der Waals surface area contributed by atoms with Crippen molar-refractivity contribution < 1.29 is 18.3 Å². The lowest BCUT2D eigenvalue weighted by atomic mass is 9.74. The van der Waals surface area contributed by atoms with Gasteiger partial charge in [-0.15, -0.1) is 0 Å². The molecule has 0 heterocycles. The van der Waals surface area contributed by atoms with Crippen molar-refractivity contribution in [3.63, 3.8) is 0 Å². The summed E-state index contributed by atoms with van der Waals surface area (Å²) in [7, 11) is -1.39. The summed E-state index contributed by atoms with van der Waals surface area (Å²) in [5, 5.41) is 10.6. The zero-order valence-corrected chi connectivity index (χ0v) is 12.1. The summed E-state index contributed by atoms with van der Waals surface area (Å²) in [6.07, 6.45) is 6.54. The van der Waals surface area contributed by atoms with Crippen LogP contribution in [-0.2, 0) is 14.6 Å². The van der Waals surface area contributed by atoms with Gasteiger partial charge in [0.2, 0.25) is 0 Å². The average molecular weight is 276 g/mol. The molecule has 5 heteroatoms. The third-order valence-electron chi connectivity index (χ3n) is 4.60. The van der Waals surface area contributed by atoms with Crippen molar-refractivity contribution in [2.75, 3.05) is 20.0 Å². The first-order chi connectivity index (χ1) is 8.38. The maximum atomic E-state index is 11.7. The molecule has 0 amide bonds. The number of ether oxygens (including phenoxy) is 1. The normalized spacial score (nSPS) is 33.1. The molecule has 3 unspecified atom stereocenters. The van der Waals surface area contributed by atoms with Crippen LogP contribution >= 0.6 is 0 Å². The molecule has 2 aliphatic carbocycles. The Kier molecular flexibility index (Phi) is 4.04. The fourth-order valence-corrected chi connectivity index (χ4v) is 4.55. The smallest absolute Gasteiger partial charge is 0.150 e. The third kappa shape index (κ3) is 2.89. The van der Waals surface area contributed by atoms with Crippen LogP contribution < -0.4 is 0 Å². The van der Waals surface area contributed by atoms with E-state index >= 15 is 0 Å². The van der Waals surface area contributed by atoms with E-state index in [9.17, 15) is 13.5 Å². The second-order valence-electron chi connectivity index (χ2n) is 6.01. The van der Waals surface area contributed by atoms with E-state index in [0.717, 1.165) is 32.1 Å². The molecule has 1 N–H and O–H groups in total. The van der Waals surface area contributed by atoms with Gasteiger partial charge in [-0.05, 0) is 43.9 Å². The Hall–Kier alpha value is -0.130. The molecule has 4 nitrogen and oxygen atoms in total. The minimum Gasteiger partial charge on any atom is -0.387 e. The van der Waals surface area contributed by atoms with Gasteiger partial charge in [0.25, 0.3) is 0 Å². The molecule has 0 aromatic carbocycles. The van der Waals surface area contributed by atoms with Crippen LogP contribution in [0.25, 0.3) is 0 Å². The highest BCUT2D eigenvalue weighted by atomic mass is 32.2. The number of rotatable bonds is 5. The summed E-state index contributed by atoms with van der Waals surface area (Å²) >= 11 is 0. The molecule has 2 aliphatic rings. The molecule has 106 valence electrons. The predicted octanol–water partition coefficient (Wildman–Crippen LogP) is 1.38. The van der Waals surface area contributed by atoms with Crippen molar-refractivity contribution in [3.05, 3.63) is 0 Å². The fourth-order valence-electron chi connectivity index (χ4n) is 3.37. The molecule has 0 radical (unpaired) electrons. The number of sulfone groups is 1. The molecule has 2 fully saturated rings. The van der Waals surface area contributed by atoms with Crippen LogP contribution in [0.5, 0.6) is 0 Å². The van der Waals surface area contributed by atoms with Crippen LogP contribution in [0.4, 0.5) is 0 Å². The van der Waals surface area contributed by atoms with E-state index in [0.29, 0.717) is 18.9 Å². The van der Waals surface area contributed by atoms with Gasteiger partial charge in [0.1, 0.15) is 9.84 Å². The van der Waals surface area contributed by atoms with Gasteiger partial charge in [-0.2, -0.15) is 0 Å². The second kappa shape index (κ2) is 5.10. The van der Waals surface area contributed by atoms with E-state index in [1.54, 1.807) is 7.11 Å². The predicted molar refractivity (Wildman–Crippen MR) is 70.1 cm³/mol. The molecule has 0 bridgehead atoms. The second-order valence-corrected chi connectivity index (χ2v) is 8.34. The van der Waals surface area contributed by atoms with Crippen molar-refractivity contribution in [3.8, 4) is 0 Å². The van der Waals surface area contributed by atoms with Crippen molar-refractivity contribution in [2.24, 2.45) is 11.8 Å². The average Bonchev–Trinajstić information content (AvgIpc) is 3.12. The van der Waals surface area contributed by atoms with Crippen molar-refractivity contribution in [1.82, 2.24) is 0 Å². The van der Waals surface area contributed by atoms with Crippen molar-refractivity contribution in [2.45, 2.75) is 49.4 Å². The van der Waals surface area contributed by atoms with Crippen molar-refractivity contribution in [1.29, 1.82) is 0 Å². The zero-order valence-electron chi connectivity index (χ0n) is 11.3. The highest BCUT2D eigenvalue weighted by Crippen LogP contribution is 2.48. The SMILES string of the molecule is COCC(O)(C1CC1)C1CCCC(S(C)(=O)=O)C1. The van der Waals surface area contributed by atoms with Gasteiger partial charge >= 0.3 is 0 Å². The van der Waals surface area contributed by atoms with Gasteiger partial charge < -0.3 is 9.84 Å². The minimum atomic E-state index is -2.99.